The molecule has 1 atom stereocenters. The van der Waals surface area contributed by atoms with Crippen LogP contribution in [0, 0.1) is 13.8 Å². The Morgan fingerprint density at radius 3 is 2.38 bits per heavy atom. The second kappa shape index (κ2) is 11.0. The molecule has 0 aromatic heterocycles. The van der Waals surface area contributed by atoms with Gasteiger partial charge in [-0.05, 0) is 67.8 Å². The van der Waals surface area contributed by atoms with Crippen molar-refractivity contribution in [1.82, 2.24) is 10.9 Å². The van der Waals surface area contributed by atoms with E-state index in [-0.39, 0.29) is 0 Å². The van der Waals surface area contributed by atoms with Crippen LogP contribution in [0.2, 0.25) is 0 Å². The van der Waals surface area contributed by atoms with Crippen molar-refractivity contribution in [3.05, 3.63) is 95.1 Å². The summed E-state index contributed by atoms with van der Waals surface area (Å²) < 4.78 is 11.4. The second-order valence-electron chi connectivity index (χ2n) is 7.56. The molecule has 0 radical (unpaired) electrons. The maximum absolute atomic E-state index is 12.4. The maximum Gasteiger partial charge on any atom is 0.279 e. The van der Waals surface area contributed by atoms with Gasteiger partial charge in [-0.3, -0.25) is 20.4 Å². The highest BCUT2D eigenvalue weighted by molar-refractivity contribution is 5.96. The highest BCUT2D eigenvalue weighted by Gasteiger charge is 2.16. The van der Waals surface area contributed by atoms with E-state index in [1.54, 1.807) is 31.2 Å². The second-order valence-corrected chi connectivity index (χ2v) is 7.56. The Morgan fingerprint density at radius 2 is 1.62 bits per heavy atom. The van der Waals surface area contributed by atoms with Crippen LogP contribution in [0.4, 0.5) is 0 Å². The number of nitrogens with one attached hydrogen (secondary N) is 2. The molecule has 0 fully saturated rings. The summed E-state index contributed by atoms with van der Waals surface area (Å²) in [6, 6.07) is 22.5. The molecule has 6 heteroatoms. The van der Waals surface area contributed by atoms with Gasteiger partial charge in [0.15, 0.2) is 6.10 Å². The van der Waals surface area contributed by atoms with E-state index in [1.165, 1.54) is 5.56 Å². The van der Waals surface area contributed by atoms with E-state index in [0.29, 0.717) is 23.7 Å². The number of benzene rings is 3. The Labute approximate surface area is 188 Å². The zero-order valence-electron chi connectivity index (χ0n) is 18.6. The number of ether oxygens (including phenoxy) is 2. The van der Waals surface area contributed by atoms with Crippen LogP contribution in [0.3, 0.4) is 0 Å². The molecule has 0 bridgehead atoms. The molecule has 0 saturated carbocycles. The fourth-order valence-electron chi connectivity index (χ4n) is 3.00. The summed E-state index contributed by atoms with van der Waals surface area (Å²) in [6.45, 7) is 6.11. The van der Waals surface area contributed by atoms with Gasteiger partial charge < -0.3 is 9.47 Å². The van der Waals surface area contributed by atoms with Crippen LogP contribution in [0.25, 0.3) is 0 Å². The van der Waals surface area contributed by atoms with Crippen molar-refractivity contribution in [3.63, 3.8) is 0 Å². The molecule has 0 saturated heterocycles. The van der Waals surface area contributed by atoms with Gasteiger partial charge in [-0.25, -0.2) is 0 Å². The Morgan fingerprint density at radius 1 is 0.844 bits per heavy atom. The minimum atomic E-state index is -0.773. The van der Waals surface area contributed by atoms with E-state index in [9.17, 15) is 9.59 Å². The number of carbonyl (C=O) groups excluding carboxylic acids is 2. The van der Waals surface area contributed by atoms with Gasteiger partial charge in [0.1, 0.15) is 11.5 Å². The van der Waals surface area contributed by atoms with Crippen molar-refractivity contribution in [3.8, 4) is 11.5 Å². The van der Waals surface area contributed by atoms with Gasteiger partial charge in [0.05, 0.1) is 6.61 Å². The first-order chi connectivity index (χ1) is 15.4. The number of rotatable bonds is 8. The van der Waals surface area contributed by atoms with E-state index >= 15 is 0 Å². The zero-order valence-corrected chi connectivity index (χ0v) is 18.6. The number of hydrogen-bond acceptors (Lipinski definition) is 4. The summed E-state index contributed by atoms with van der Waals surface area (Å²) in [5.74, 6) is 0.297. The van der Waals surface area contributed by atoms with Crippen molar-refractivity contribution in [2.45, 2.75) is 33.3 Å². The zero-order chi connectivity index (χ0) is 22.9. The monoisotopic (exact) mass is 432 g/mol. The Bertz CT molecular complexity index is 1070. The summed E-state index contributed by atoms with van der Waals surface area (Å²) in [5.41, 5.74) is 8.61. The third kappa shape index (κ3) is 6.60. The average molecular weight is 433 g/mol. The summed E-state index contributed by atoms with van der Waals surface area (Å²) in [4.78, 5) is 24.7. The van der Waals surface area contributed by atoms with Crippen molar-refractivity contribution in [2.75, 3.05) is 6.61 Å². The number of aryl methyl sites for hydroxylation is 2. The molecule has 0 aliphatic heterocycles. The largest absolute Gasteiger partial charge is 0.493 e. The van der Waals surface area contributed by atoms with Gasteiger partial charge in [0, 0.05) is 12.0 Å². The first kappa shape index (κ1) is 22.9. The SMILES string of the molecule is Cc1ccc(OC(C)C(=O)NNC(=O)c2cccc(OCCc3ccccc3)c2)cc1C. The van der Waals surface area contributed by atoms with Crippen LogP contribution in [0.15, 0.2) is 72.8 Å². The van der Waals surface area contributed by atoms with Crippen LogP contribution in [-0.4, -0.2) is 24.5 Å². The normalized spacial score (nSPS) is 11.3. The lowest BCUT2D eigenvalue weighted by Gasteiger charge is -2.16. The highest BCUT2D eigenvalue weighted by Crippen LogP contribution is 2.18. The maximum atomic E-state index is 12.4. The van der Waals surface area contributed by atoms with Gasteiger partial charge in [-0.2, -0.15) is 0 Å². The van der Waals surface area contributed by atoms with Crippen molar-refractivity contribution in [1.29, 1.82) is 0 Å². The average Bonchev–Trinajstić information content (AvgIpc) is 2.80. The fraction of sp³-hybridized carbons (Fsp3) is 0.231. The van der Waals surface area contributed by atoms with E-state index in [2.05, 4.69) is 10.9 Å². The highest BCUT2D eigenvalue weighted by atomic mass is 16.5. The van der Waals surface area contributed by atoms with Gasteiger partial charge in [-0.1, -0.05) is 42.5 Å². The summed E-state index contributed by atoms with van der Waals surface area (Å²) in [6.07, 6.45) is -0.00353. The predicted octanol–water partition coefficient (Wildman–Crippen LogP) is 4.15. The third-order valence-electron chi connectivity index (χ3n) is 5.06. The summed E-state index contributed by atoms with van der Waals surface area (Å²) >= 11 is 0. The van der Waals surface area contributed by atoms with Crippen molar-refractivity contribution >= 4 is 11.8 Å². The molecule has 3 aromatic rings. The van der Waals surface area contributed by atoms with Crippen LogP contribution in [0.1, 0.15) is 34.0 Å². The topological polar surface area (TPSA) is 76.7 Å². The molecular weight excluding hydrogens is 404 g/mol. The summed E-state index contributed by atoms with van der Waals surface area (Å²) in [7, 11) is 0. The smallest absolute Gasteiger partial charge is 0.279 e. The molecule has 32 heavy (non-hydrogen) atoms. The van der Waals surface area contributed by atoms with Crippen LogP contribution in [-0.2, 0) is 11.2 Å². The molecular formula is C26H28N2O4. The molecule has 3 aromatic carbocycles. The number of carbonyl (C=O) groups is 2. The Balaban J connectivity index is 1.47. The van der Waals surface area contributed by atoms with E-state index in [1.807, 2.05) is 62.4 Å². The lowest BCUT2D eigenvalue weighted by Crippen LogP contribution is -2.47. The minimum Gasteiger partial charge on any atom is -0.493 e. The molecule has 0 aliphatic rings. The quantitative estimate of drug-likeness (QED) is 0.524. The molecule has 2 amide bonds. The fourth-order valence-corrected chi connectivity index (χ4v) is 3.00. The van der Waals surface area contributed by atoms with Gasteiger partial charge in [-0.15, -0.1) is 0 Å². The lowest BCUT2D eigenvalue weighted by molar-refractivity contribution is -0.128. The van der Waals surface area contributed by atoms with E-state index in [0.717, 1.165) is 17.5 Å². The molecule has 0 heterocycles. The van der Waals surface area contributed by atoms with Gasteiger partial charge in [0.2, 0.25) is 0 Å². The molecule has 0 aliphatic carbocycles. The molecule has 0 spiro atoms. The van der Waals surface area contributed by atoms with Gasteiger partial charge in [0.25, 0.3) is 11.8 Å². The van der Waals surface area contributed by atoms with Crippen molar-refractivity contribution < 1.29 is 19.1 Å². The third-order valence-corrected chi connectivity index (χ3v) is 5.06. The molecule has 6 nitrogen and oxygen atoms in total. The number of hydrazine groups is 1. The predicted molar refractivity (Wildman–Crippen MR) is 124 cm³/mol. The Kier molecular flexibility index (Phi) is 7.86. The van der Waals surface area contributed by atoms with E-state index in [4.69, 9.17) is 9.47 Å². The van der Waals surface area contributed by atoms with Crippen LogP contribution in [0.5, 0.6) is 11.5 Å². The van der Waals surface area contributed by atoms with Crippen LogP contribution < -0.4 is 20.3 Å². The van der Waals surface area contributed by atoms with Gasteiger partial charge >= 0.3 is 0 Å². The first-order valence-corrected chi connectivity index (χ1v) is 10.5. The standard InChI is InChI=1S/C26H28N2O4/c1-18-12-13-24(16-19(18)2)32-20(3)25(29)27-28-26(30)22-10-7-11-23(17-22)31-15-14-21-8-5-4-6-9-21/h4-13,16-17,20H,14-15H2,1-3H3,(H,27,29)(H,28,30). The number of hydrogen-bond donors (Lipinski definition) is 2. The first-order valence-electron chi connectivity index (χ1n) is 10.5. The molecule has 166 valence electrons. The summed E-state index contributed by atoms with van der Waals surface area (Å²) in [5, 5.41) is 0. The Hall–Kier alpha value is -3.80. The van der Waals surface area contributed by atoms with Crippen LogP contribution >= 0.6 is 0 Å². The van der Waals surface area contributed by atoms with Crippen molar-refractivity contribution in [2.24, 2.45) is 0 Å². The minimum absolute atomic E-state index is 0.380. The molecule has 2 N–H and O–H groups in total. The van der Waals surface area contributed by atoms with E-state index < -0.39 is 17.9 Å². The molecule has 3 rings (SSSR count). The molecule has 1 unspecified atom stereocenters. The number of amides is 2. The lowest BCUT2D eigenvalue weighted by atomic mass is 10.1.